The molecule has 7 nitrogen and oxygen atoms in total. The number of carbonyl (C=O) groups is 1. The van der Waals surface area contributed by atoms with Crippen molar-refractivity contribution < 1.29 is 19.2 Å². The topological polar surface area (TPSA) is 81.9 Å². The molecule has 1 aliphatic heterocycles. The van der Waals surface area contributed by atoms with Crippen molar-refractivity contribution >= 4 is 11.8 Å². The number of likely N-dealkylation sites (tertiary alicyclic amines) is 1. The third-order valence-electron chi connectivity index (χ3n) is 3.16. The molecule has 120 valence electrons. The molecule has 7 heteroatoms. The summed E-state index contributed by atoms with van der Waals surface area (Å²) < 4.78 is 10.9. The van der Waals surface area contributed by atoms with Crippen LogP contribution < -0.4 is 0 Å². The molecule has 22 heavy (non-hydrogen) atoms. The summed E-state index contributed by atoms with van der Waals surface area (Å²) in [5.41, 5.74) is 0.0577. The third kappa shape index (κ3) is 4.17. The highest BCUT2D eigenvalue weighted by atomic mass is 16.6. The van der Waals surface area contributed by atoms with Crippen molar-refractivity contribution in [1.82, 2.24) is 4.90 Å². The highest BCUT2D eigenvalue weighted by Crippen LogP contribution is 2.22. The summed E-state index contributed by atoms with van der Waals surface area (Å²) in [5, 5.41) is 10.9. The quantitative estimate of drug-likeness (QED) is 0.631. The predicted octanol–water partition coefficient (Wildman–Crippen LogP) is 2.73. The lowest BCUT2D eigenvalue weighted by Crippen LogP contribution is -2.55. The maximum Gasteiger partial charge on any atom is 0.410 e. The molecule has 0 radical (unpaired) electrons. The van der Waals surface area contributed by atoms with Crippen LogP contribution in [0, 0.1) is 10.1 Å². The molecule has 0 unspecified atom stereocenters. The van der Waals surface area contributed by atoms with Crippen molar-refractivity contribution in [3.63, 3.8) is 0 Å². The van der Waals surface area contributed by atoms with Gasteiger partial charge in [0.05, 0.1) is 36.3 Å². The fourth-order valence-electron chi connectivity index (χ4n) is 2.04. The molecule has 0 bridgehead atoms. The minimum Gasteiger partial charge on any atom is -0.444 e. The van der Waals surface area contributed by atoms with E-state index in [0.717, 1.165) is 0 Å². The zero-order valence-corrected chi connectivity index (χ0v) is 12.9. The second-order valence-electron chi connectivity index (χ2n) is 6.20. The lowest BCUT2D eigenvalue weighted by molar-refractivity contribution is -0.386. The number of rotatable bonds is 4. The van der Waals surface area contributed by atoms with Crippen molar-refractivity contribution in [2.45, 2.75) is 39.1 Å². The van der Waals surface area contributed by atoms with Crippen molar-refractivity contribution in [1.29, 1.82) is 0 Å². The number of ether oxygens (including phenoxy) is 2. The summed E-state index contributed by atoms with van der Waals surface area (Å²) in [6.07, 6.45) is -0.481. The molecule has 1 saturated heterocycles. The lowest BCUT2D eigenvalue weighted by Gasteiger charge is -2.39. The summed E-state index contributed by atoms with van der Waals surface area (Å²) in [6, 6.07) is 6.48. The van der Waals surface area contributed by atoms with E-state index < -0.39 is 10.5 Å². The van der Waals surface area contributed by atoms with Crippen LogP contribution in [0.1, 0.15) is 26.3 Å². The Morgan fingerprint density at radius 2 is 2.00 bits per heavy atom. The number of benzene rings is 1. The van der Waals surface area contributed by atoms with Crippen molar-refractivity contribution in [2.75, 3.05) is 13.1 Å². The van der Waals surface area contributed by atoms with E-state index in [2.05, 4.69) is 0 Å². The number of para-hydroxylation sites is 1. The van der Waals surface area contributed by atoms with Gasteiger partial charge in [-0.15, -0.1) is 0 Å². The number of carbonyl (C=O) groups excluding carboxylic acids is 1. The van der Waals surface area contributed by atoms with Gasteiger partial charge in [-0.25, -0.2) is 4.79 Å². The normalized spacial score (nSPS) is 15.3. The Morgan fingerprint density at radius 3 is 2.59 bits per heavy atom. The molecule has 0 N–H and O–H groups in total. The standard InChI is InChI=1S/C15H20N2O5/c1-15(2,3)22-14(18)16-8-12(9-16)21-10-11-6-4-5-7-13(11)17(19)20/h4-7,12H,8-10H2,1-3H3. The van der Waals surface area contributed by atoms with Gasteiger partial charge in [0.25, 0.3) is 5.69 Å². The molecule has 0 saturated carbocycles. The molecule has 0 spiro atoms. The zero-order chi connectivity index (χ0) is 16.3. The molecule has 1 aromatic carbocycles. The maximum atomic E-state index is 11.8. The Labute approximate surface area is 129 Å². The molecule has 1 amide bonds. The minimum absolute atomic E-state index is 0.0471. The first-order chi connectivity index (χ1) is 10.3. The first-order valence-corrected chi connectivity index (χ1v) is 7.08. The number of nitrogens with zero attached hydrogens (tertiary/aromatic N) is 2. The second-order valence-corrected chi connectivity index (χ2v) is 6.20. The summed E-state index contributed by atoms with van der Waals surface area (Å²) in [4.78, 5) is 23.8. The van der Waals surface area contributed by atoms with Crippen LogP contribution in [0.15, 0.2) is 24.3 Å². The molecular formula is C15H20N2O5. The van der Waals surface area contributed by atoms with Crippen LogP contribution in [0.25, 0.3) is 0 Å². The van der Waals surface area contributed by atoms with Gasteiger partial charge in [-0.05, 0) is 26.8 Å². The van der Waals surface area contributed by atoms with E-state index in [1.807, 2.05) is 20.8 Å². The van der Waals surface area contributed by atoms with Crippen molar-refractivity contribution in [3.05, 3.63) is 39.9 Å². The summed E-state index contributed by atoms with van der Waals surface area (Å²) in [7, 11) is 0. The number of hydrogen-bond donors (Lipinski definition) is 0. The van der Waals surface area contributed by atoms with Crippen molar-refractivity contribution in [2.24, 2.45) is 0 Å². The molecule has 1 heterocycles. The molecular weight excluding hydrogens is 288 g/mol. The van der Waals surface area contributed by atoms with E-state index in [9.17, 15) is 14.9 Å². The number of nitro groups is 1. The van der Waals surface area contributed by atoms with E-state index in [1.165, 1.54) is 6.07 Å². The third-order valence-corrected chi connectivity index (χ3v) is 3.16. The fraction of sp³-hybridized carbons (Fsp3) is 0.533. The number of nitro benzene ring substituents is 1. The number of amides is 1. The van der Waals surface area contributed by atoms with Gasteiger partial charge in [0.2, 0.25) is 0 Å². The van der Waals surface area contributed by atoms with Crippen LogP contribution in [0.5, 0.6) is 0 Å². The van der Waals surface area contributed by atoms with E-state index >= 15 is 0 Å². The van der Waals surface area contributed by atoms with E-state index in [1.54, 1.807) is 23.1 Å². The van der Waals surface area contributed by atoms with Crippen LogP contribution in [0.3, 0.4) is 0 Å². The fourth-order valence-corrected chi connectivity index (χ4v) is 2.04. The number of hydrogen-bond acceptors (Lipinski definition) is 5. The second kappa shape index (κ2) is 6.31. The lowest BCUT2D eigenvalue weighted by atomic mass is 10.1. The maximum absolute atomic E-state index is 11.8. The van der Waals surface area contributed by atoms with Gasteiger partial charge in [-0.3, -0.25) is 10.1 Å². The van der Waals surface area contributed by atoms with E-state index in [4.69, 9.17) is 9.47 Å². The van der Waals surface area contributed by atoms with Crippen LogP contribution >= 0.6 is 0 Å². The highest BCUT2D eigenvalue weighted by molar-refractivity contribution is 5.69. The Hall–Kier alpha value is -2.15. The summed E-state index contributed by atoms with van der Waals surface area (Å²) in [6.45, 7) is 6.47. The molecule has 0 atom stereocenters. The molecule has 2 rings (SSSR count). The minimum atomic E-state index is -0.520. The van der Waals surface area contributed by atoms with Gasteiger partial charge in [0.15, 0.2) is 0 Å². The SMILES string of the molecule is CC(C)(C)OC(=O)N1CC(OCc2ccccc2[N+](=O)[O-])C1. The highest BCUT2D eigenvalue weighted by Gasteiger charge is 2.34. The Kier molecular flexibility index (Phi) is 4.65. The average molecular weight is 308 g/mol. The summed E-state index contributed by atoms with van der Waals surface area (Å²) in [5.74, 6) is 0. The first kappa shape index (κ1) is 16.2. The largest absolute Gasteiger partial charge is 0.444 e. The van der Waals surface area contributed by atoms with Crippen molar-refractivity contribution in [3.8, 4) is 0 Å². The van der Waals surface area contributed by atoms with Crippen LogP contribution in [0.4, 0.5) is 10.5 Å². The van der Waals surface area contributed by atoms with Crippen LogP contribution in [-0.2, 0) is 16.1 Å². The van der Waals surface area contributed by atoms with E-state index in [0.29, 0.717) is 18.7 Å². The smallest absolute Gasteiger partial charge is 0.410 e. The Morgan fingerprint density at radius 1 is 1.36 bits per heavy atom. The summed E-state index contributed by atoms with van der Waals surface area (Å²) >= 11 is 0. The molecule has 0 aromatic heterocycles. The van der Waals surface area contributed by atoms with Gasteiger partial charge in [0.1, 0.15) is 5.60 Å². The van der Waals surface area contributed by atoms with Gasteiger partial charge in [-0.1, -0.05) is 12.1 Å². The van der Waals surface area contributed by atoms with Crippen LogP contribution in [-0.4, -0.2) is 40.7 Å². The molecule has 1 aromatic rings. The monoisotopic (exact) mass is 308 g/mol. The van der Waals surface area contributed by atoms with Crippen LogP contribution in [0.2, 0.25) is 0 Å². The first-order valence-electron chi connectivity index (χ1n) is 7.08. The predicted molar refractivity (Wildman–Crippen MR) is 79.5 cm³/mol. The molecule has 1 fully saturated rings. The molecule has 1 aliphatic rings. The average Bonchev–Trinajstić information content (AvgIpc) is 2.34. The van der Waals surface area contributed by atoms with E-state index in [-0.39, 0.29) is 24.5 Å². The Balaban J connectivity index is 1.80. The Bertz CT molecular complexity index is 561. The van der Waals surface area contributed by atoms with Gasteiger partial charge >= 0.3 is 6.09 Å². The van der Waals surface area contributed by atoms with Gasteiger partial charge in [0, 0.05) is 6.07 Å². The molecule has 0 aliphatic carbocycles. The van der Waals surface area contributed by atoms with Gasteiger partial charge in [-0.2, -0.15) is 0 Å². The van der Waals surface area contributed by atoms with Gasteiger partial charge < -0.3 is 14.4 Å². The zero-order valence-electron chi connectivity index (χ0n) is 12.9.